The first kappa shape index (κ1) is 11.3. The number of hydrogen-bond acceptors (Lipinski definition) is 1. The number of H-pyrrole nitrogens is 1. The fourth-order valence-corrected chi connectivity index (χ4v) is 1.44. The Morgan fingerprint density at radius 1 is 1.36 bits per heavy atom. The van der Waals surface area contributed by atoms with Crippen molar-refractivity contribution in [1.82, 2.24) is 4.98 Å². The molecule has 0 saturated heterocycles. The number of benzene rings is 1. The molecule has 1 heterocycles. The third-order valence-electron chi connectivity index (χ3n) is 2.02. The molecule has 0 amide bonds. The molecule has 0 unspecified atom stereocenters. The molecule has 1 aromatic carbocycles. The molecule has 0 radical (unpaired) electrons. The second-order valence-corrected chi connectivity index (χ2v) is 2.93. The van der Waals surface area contributed by atoms with Crippen LogP contribution in [0.5, 0.6) is 0 Å². The van der Waals surface area contributed by atoms with Gasteiger partial charge in [0.2, 0.25) is 0 Å². The van der Waals surface area contributed by atoms with Crippen molar-refractivity contribution in [2.24, 2.45) is 0 Å². The summed E-state index contributed by atoms with van der Waals surface area (Å²) in [5.74, 6) is -0.801. The standard InChI is InChI=1S/C10H9NO2.Na.H/c12-10(13)5-7-6-11-9-4-2-1-3-8(7)9;;/h1-4,6,11H,5H2,(H,12,13);;. The molecule has 0 saturated carbocycles. The van der Waals surface area contributed by atoms with Crippen molar-refractivity contribution in [2.45, 2.75) is 6.42 Å². The topological polar surface area (TPSA) is 53.1 Å². The van der Waals surface area contributed by atoms with Gasteiger partial charge >= 0.3 is 35.5 Å². The summed E-state index contributed by atoms with van der Waals surface area (Å²) in [6.45, 7) is 0. The van der Waals surface area contributed by atoms with E-state index in [1.54, 1.807) is 6.20 Å². The zero-order chi connectivity index (χ0) is 9.26. The normalized spacial score (nSPS) is 9.71. The van der Waals surface area contributed by atoms with E-state index in [1.807, 2.05) is 24.3 Å². The summed E-state index contributed by atoms with van der Waals surface area (Å²) in [6.07, 6.45) is 1.82. The molecule has 2 aromatic rings. The van der Waals surface area contributed by atoms with E-state index in [0.717, 1.165) is 16.5 Å². The predicted molar refractivity (Wildman–Crippen MR) is 56.8 cm³/mol. The number of nitrogens with one attached hydrogen (secondary N) is 1. The van der Waals surface area contributed by atoms with Gasteiger partial charge in [-0.2, -0.15) is 0 Å². The fraction of sp³-hybridized carbons (Fsp3) is 0.100. The van der Waals surface area contributed by atoms with Gasteiger partial charge < -0.3 is 10.1 Å². The van der Waals surface area contributed by atoms with Gasteiger partial charge in [-0.3, -0.25) is 4.79 Å². The first-order valence-electron chi connectivity index (χ1n) is 4.04. The van der Waals surface area contributed by atoms with Gasteiger partial charge in [0.15, 0.2) is 0 Å². The number of carboxylic acid groups (broad SMARTS) is 1. The Kier molecular flexibility index (Phi) is 3.75. The van der Waals surface area contributed by atoms with Crippen molar-refractivity contribution in [3.05, 3.63) is 36.0 Å². The minimum absolute atomic E-state index is 0. The van der Waals surface area contributed by atoms with Crippen LogP contribution in [-0.2, 0) is 11.2 Å². The molecule has 4 heteroatoms. The fourth-order valence-electron chi connectivity index (χ4n) is 1.44. The molecule has 2 N–H and O–H groups in total. The molecule has 0 spiro atoms. The van der Waals surface area contributed by atoms with E-state index in [9.17, 15) is 4.79 Å². The van der Waals surface area contributed by atoms with E-state index in [2.05, 4.69) is 4.98 Å². The molecule has 0 aliphatic carbocycles. The Bertz CT molecular complexity index is 450. The maximum absolute atomic E-state index is 10.5. The van der Waals surface area contributed by atoms with Crippen LogP contribution in [0.3, 0.4) is 0 Å². The summed E-state index contributed by atoms with van der Waals surface area (Å²) in [4.78, 5) is 13.5. The van der Waals surface area contributed by atoms with Crippen LogP contribution in [0, 0.1) is 0 Å². The van der Waals surface area contributed by atoms with E-state index < -0.39 is 5.97 Å². The van der Waals surface area contributed by atoms with Crippen molar-refractivity contribution in [3.63, 3.8) is 0 Å². The molecule has 0 aliphatic heterocycles. The molecular weight excluding hydrogens is 189 g/mol. The first-order valence-corrected chi connectivity index (χ1v) is 4.04. The van der Waals surface area contributed by atoms with Crippen LogP contribution >= 0.6 is 0 Å². The van der Waals surface area contributed by atoms with Crippen LogP contribution in [0.4, 0.5) is 0 Å². The van der Waals surface area contributed by atoms with Gasteiger partial charge in [-0.25, -0.2) is 0 Å². The Balaban J connectivity index is 0.000000980. The summed E-state index contributed by atoms with van der Waals surface area (Å²) >= 11 is 0. The van der Waals surface area contributed by atoms with Gasteiger partial charge in [0, 0.05) is 17.1 Å². The molecule has 0 atom stereocenters. The van der Waals surface area contributed by atoms with E-state index in [1.165, 1.54) is 0 Å². The van der Waals surface area contributed by atoms with Crippen LogP contribution in [0.1, 0.15) is 5.56 Å². The van der Waals surface area contributed by atoms with Gasteiger partial charge in [-0.15, -0.1) is 0 Å². The summed E-state index contributed by atoms with van der Waals surface area (Å²) in [6, 6.07) is 7.68. The SMILES string of the molecule is O=C(O)Cc1c[nH]c2ccccc12.[NaH]. The summed E-state index contributed by atoms with van der Waals surface area (Å²) < 4.78 is 0. The van der Waals surface area contributed by atoms with E-state index in [-0.39, 0.29) is 36.0 Å². The van der Waals surface area contributed by atoms with Crippen LogP contribution in [-0.4, -0.2) is 45.6 Å². The average Bonchev–Trinajstić information content (AvgIpc) is 2.48. The quantitative estimate of drug-likeness (QED) is 0.713. The Morgan fingerprint density at radius 2 is 2.07 bits per heavy atom. The summed E-state index contributed by atoms with van der Waals surface area (Å²) in [5, 5.41) is 9.62. The molecule has 68 valence electrons. The molecule has 14 heavy (non-hydrogen) atoms. The van der Waals surface area contributed by atoms with E-state index in [4.69, 9.17) is 5.11 Å². The van der Waals surface area contributed by atoms with Crippen molar-refractivity contribution in [3.8, 4) is 0 Å². The molecule has 0 fully saturated rings. The number of rotatable bonds is 2. The van der Waals surface area contributed by atoms with Crippen LogP contribution < -0.4 is 0 Å². The van der Waals surface area contributed by atoms with Crippen molar-refractivity contribution in [1.29, 1.82) is 0 Å². The Labute approximate surface area is 103 Å². The molecule has 1 aromatic heterocycles. The number of aliphatic carboxylic acids is 1. The molecule has 0 bridgehead atoms. The average molecular weight is 199 g/mol. The van der Waals surface area contributed by atoms with Crippen LogP contribution in [0.15, 0.2) is 30.5 Å². The first-order chi connectivity index (χ1) is 6.27. The van der Waals surface area contributed by atoms with Gasteiger partial charge in [0.1, 0.15) is 0 Å². The summed E-state index contributed by atoms with van der Waals surface area (Å²) in [5.41, 5.74) is 1.82. The number of carbonyl (C=O) groups is 1. The van der Waals surface area contributed by atoms with Gasteiger partial charge in [0.05, 0.1) is 6.42 Å². The monoisotopic (exact) mass is 199 g/mol. The Morgan fingerprint density at radius 3 is 2.79 bits per heavy atom. The number of para-hydroxylation sites is 1. The predicted octanol–water partition coefficient (Wildman–Crippen LogP) is 1.15. The molecular formula is C10H10NNaO2. The number of carboxylic acids is 1. The summed E-state index contributed by atoms with van der Waals surface area (Å²) in [7, 11) is 0. The van der Waals surface area contributed by atoms with Crippen molar-refractivity contribution < 1.29 is 9.90 Å². The second-order valence-electron chi connectivity index (χ2n) is 2.93. The number of aromatic nitrogens is 1. The van der Waals surface area contributed by atoms with Crippen LogP contribution in [0.25, 0.3) is 10.9 Å². The van der Waals surface area contributed by atoms with Crippen LogP contribution in [0.2, 0.25) is 0 Å². The van der Waals surface area contributed by atoms with Gasteiger partial charge in [-0.05, 0) is 11.6 Å². The number of aromatic amines is 1. The Hall–Kier alpha value is -0.770. The minimum atomic E-state index is -0.801. The van der Waals surface area contributed by atoms with Crippen molar-refractivity contribution >= 4 is 46.4 Å². The third-order valence-corrected chi connectivity index (χ3v) is 2.02. The molecule has 2 rings (SSSR count). The van der Waals surface area contributed by atoms with Crippen molar-refractivity contribution in [2.75, 3.05) is 0 Å². The maximum atomic E-state index is 10.5. The van der Waals surface area contributed by atoms with E-state index in [0.29, 0.717) is 0 Å². The van der Waals surface area contributed by atoms with Gasteiger partial charge in [0.25, 0.3) is 0 Å². The van der Waals surface area contributed by atoms with Gasteiger partial charge in [-0.1, -0.05) is 18.2 Å². The number of fused-ring (bicyclic) bond motifs is 1. The zero-order valence-corrected chi connectivity index (χ0v) is 6.95. The van der Waals surface area contributed by atoms with E-state index >= 15 is 0 Å². The second kappa shape index (κ2) is 4.64. The number of hydrogen-bond donors (Lipinski definition) is 2. The third kappa shape index (κ3) is 2.18. The zero-order valence-electron chi connectivity index (χ0n) is 6.95. The molecule has 0 aliphatic rings. The molecule has 3 nitrogen and oxygen atoms in total.